The summed E-state index contributed by atoms with van der Waals surface area (Å²) in [6.45, 7) is 4.53. The minimum absolute atomic E-state index is 0.0538. The monoisotopic (exact) mass is 522 g/mol. The number of benzene rings is 2. The lowest BCUT2D eigenvalue weighted by molar-refractivity contribution is 0.0691. The Hall–Kier alpha value is -2.49. The van der Waals surface area contributed by atoms with Crippen LogP contribution in [0.5, 0.6) is 0 Å². The molecule has 2 aromatic rings. The Bertz CT molecular complexity index is 1090. The third-order valence-electron chi connectivity index (χ3n) is 5.08. The van der Waals surface area contributed by atoms with Gasteiger partial charge in [0.05, 0.1) is 11.1 Å². The van der Waals surface area contributed by atoms with Crippen LogP contribution in [0.4, 0.5) is 5.69 Å². The zero-order chi connectivity index (χ0) is 26.4. The van der Waals surface area contributed by atoms with Crippen LogP contribution in [0.3, 0.4) is 0 Å². The van der Waals surface area contributed by atoms with Gasteiger partial charge in [0.1, 0.15) is 0 Å². The van der Waals surface area contributed by atoms with E-state index in [1.54, 1.807) is 24.3 Å². The molecule has 0 aromatic heterocycles. The third-order valence-corrected chi connectivity index (χ3v) is 9.46. The van der Waals surface area contributed by atoms with E-state index in [0.29, 0.717) is 29.9 Å². The number of amides is 1. The number of ketones is 1. The highest BCUT2D eigenvalue weighted by Gasteiger charge is 2.20. The van der Waals surface area contributed by atoms with Crippen molar-refractivity contribution in [2.75, 3.05) is 55.4 Å². The normalized spacial score (nSPS) is 12.7. The molecule has 0 unspecified atom stereocenters. The molecule has 0 aliphatic carbocycles. The van der Waals surface area contributed by atoms with Crippen molar-refractivity contribution in [1.82, 2.24) is 5.32 Å². The van der Waals surface area contributed by atoms with Gasteiger partial charge < -0.3 is 15.7 Å². The molecule has 194 valence electrons. The van der Waals surface area contributed by atoms with E-state index in [4.69, 9.17) is 3.63 Å². The minimum Gasteiger partial charge on any atom is -0.478 e. The van der Waals surface area contributed by atoms with Crippen molar-refractivity contribution < 1.29 is 23.1 Å². The van der Waals surface area contributed by atoms with Gasteiger partial charge in [-0.05, 0) is 86.9 Å². The summed E-state index contributed by atoms with van der Waals surface area (Å²) in [5, 5.41) is 15.8. The van der Waals surface area contributed by atoms with Crippen LogP contribution in [-0.2, 0) is 3.63 Å². The van der Waals surface area contributed by atoms with Crippen LogP contribution in [-0.4, -0.2) is 72.9 Å². The van der Waals surface area contributed by atoms with Crippen LogP contribution in [0, 0.1) is 0 Å². The first-order valence-electron chi connectivity index (χ1n) is 11.4. The van der Waals surface area contributed by atoms with E-state index in [-0.39, 0.29) is 16.9 Å². The lowest BCUT2D eigenvalue weighted by Gasteiger charge is -2.40. The van der Waals surface area contributed by atoms with Gasteiger partial charge in [-0.1, -0.05) is 12.1 Å². The van der Waals surface area contributed by atoms with Crippen molar-refractivity contribution in [3.63, 3.8) is 0 Å². The summed E-state index contributed by atoms with van der Waals surface area (Å²) >= 11 is 0. The van der Waals surface area contributed by atoms with E-state index < -0.39 is 32.5 Å². The lowest BCUT2D eigenvalue weighted by Crippen LogP contribution is -2.27. The highest BCUT2D eigenvalue weighted by atomic mass is 32.3. The van der Waals surface area contributed by atoms with E-state index in [1.165, 1.54) is 13.0 Å². The zero-order valence-electron chi connectivity index (χ0n) is 21.7. The van der Waals surface area contributed by atoms with Gasteiger partial charge in [0.15, 0.2) is 5.78 Å². The van der Waals surface area contributed by atoms with Crippen molar-refractivity contribution in [3.8, 4) is 11.1 Å². The van der Waals surface area contributed by atoms with E-state index in [1.807, 2.05) is 13.0 Å². The molecule has 1 amide bonds. The first-order chi connectivity index (χ1) is 16.2. The topological polar surface area (TPSA) is 105 Å². The fraction of sp³-hybridized carbons (Fsp3) is 0.423. The fourth-order valence-electron chi connectivity index (χ4n) is 3.77. The second-order valence-corrected chi connectivity index (χ2v) is 16.7. The Balaban J connectivity index is 2.18. The highest BCUT2D eigenvalue weighted by molar-refractivity contribution is 8.40. The van der Waals surface area contributed by atoms with Crippen molar-refractivity contribution in [1.29, 1.82) is 0 Å². The van der Waals surface area contributed by atoms with Crippen molar-refractivity contribution in [2.45, 2.75) is 20.3 Å². The summed E-state index contributed by atoms with van der Waals surface area (Å²) < 4.78 is 6.22. The predicted octanol–water partition coefficient (Wildman–Crippen LogP) is 5.41. The van der Waals surface area contributed by atoms with Crippen molar-refractivity contribution >= 4 is 44.0 Å². The van der Waals surface area contributed by atoms with Gasteiger partial charge in [-0.15, -0.1) is 20.6 Å². The Labute approximate surface area is 212 Å². The average Bonchev–Trinajstić information content (AvgIpc) is 2.74. The average molecular weight is 523 g/mol. The first-order valence-corrected chi connectivity index (χ1v) is 16.7. The van der Waals surface area contributed by atoms with Crippen LogP contribution in [0.1, 0.15) is 51.3 Å². The number of anilines is 1. The van der Waals surface area contributed by atoms with E-state index >= 15 is 0 Å². The Morgan fingerprint density at radius 3 is 2.06 bits per heavy atom. The molecule has 0 aliphatic heterocycles. The van der Waals surface area contributed by atoms with E-state index in [9.17, 15) is 19.5 Å². The summed E-state index contributed by atoms with van der Waals surface area (Å²) in [6, 6.07) is 10.1. The first kappa shape index (κ1) is 28.7. The quantitative estimate of drug-likeness (QED) is 0.254. The molecule has 0 saturated heterocycles. The molecule has 2 rings (SSSR count). The number of carbonyl (C=O) groups is 3. The van der Waals surface area contributed by atoms with Crippen LogP contribution in [0.25, 0.3) is 11.1 Å². The summed E-state index contributed by atoms with van der Waals surface area (Å²) in [4.78, 5) is 36.7. The third kappa shape index (κ3) is 8.59. The van der Waals surface area contributed by atoms with Gasteiger partial charge in [-0.3, -0.25) is 13.2 Å². The number of aromatic carboxylic acids is 1. The summed E-state index contributed by atoms with van der Waals surface area (Å²) in [6.07, 6.45) is 11.3. The number of nitrogens with one attached hydrogen (secondary N) is 2. The second kappa shape index (κ2) is 12.0. The Morgan fingerprint density at radius 2 is 1.51 bits per heavy atom. The standard InChI is InChI=1S/C26H38N2O5S2/c1-8-27-24-17-20(10-12-21(24)18(2)29)19-11-13-22(23(16-19)26(31)32)25(30)28-14-9-15-35(6,7)33-34(3,4)5/h10-13,16-17,27H,8-9,14-15H2,1-7H3,(H,28,30)(H,31,32). The van der Waals surface area contributed by atoms with Crippen LogP contribution >= 0.6 is 20.6 Å². The molecule has 9 heteroatoms. The summed E-state index contributed by atoms with van der Waals surface area (Å²) in [7, 11) is -2.28. The maximum atomic E-state index is 12.8. The zero-order valence-corrected chi connectivity index (χ0v) is 23.3. The van der Waals surface area contributed by atoms with Crippen LogP contribution in [0.15, 0.2) is 36.4 Å². The van der Waals surface area contributed by atoms with Gasteiger partial charge in [0.2, 0.25) is 0 Å². The number of carbonyl (C=O) groups excluding carboxylic acids is 2. The van der Waals surface area contributed by atoms with Gasteiger partial charge >= 0.3 is 5.97 Å². The molecule has 35 heavy (non-hydrogen) atoms. The molecule has 0 atom stereocenters. The highest BCUT2D eigenvalue weighted by Crippen LogP contribution is 2.55. The number of hydrogen-bond acceptors (Lipinski definition) is 5. The molecule has 0 radical (unpaired) electrons. The molecule has 7 nitrogen and oxygen atoms in total. The van der Waals surface area contributed by atoms with Gasteiger partial charge in [-0.25, -0.2) is 4.79 Å². The molecule has 0 saturated carbocycles. The number of Topliss-reactive ketones (excluding diaryl/α,β-unsaturated/α-hetero) is 1. The number of hydrogen-bond donors (Lipinski definition) is 3. The number of carboxylic acids is 1. The molecular weight excluding hydrogens is 484 g/mol. The largest absolute Gasteiger partial charge is 0.478 e. The predicted molar refractivity (Wildman–Crippen MR) is 151 cm³/mol. The second-order valence-electron chi connectivity index (χ2n) is 9.46. The SMILES string of the molecule is CCNc1cc(-c2ccc(C(=O)NCCCS(C)(C)OS(C)(C)C)c(C(=O)O)c2)ccc1C(C)=O. The van der Waals surface area contributed by atoms with Gasteiger partial charge in [0, 0.05) is 30.1 Å². The summed E-state index contributed by atoms with van der Waals surface area (Å²) in [5.74, 6) is -0.783. The van der Waals surface area contributed by atoms with Crippen molar-refractivity contribution in [2.24, 2.45) is 0 Å². The van der Waals surface area contributed by atoms with E-state index in [2.05, 4.69) is 41.9 Å². The van der Waals surface area contributed by atoms with Crippen LogP contribution in [0.2, 0.25) is 0 Å². The Kier molecular flexibility index (Phi) is 9.83. The maximum Gasteiger partial charge on any atom is 0.336 e. The van der Waals surface area contributed by atoms with Crippen LogP contribution < -0.4 is 10.6 Å². The smallest absolute Gasteiger partial charge is 0.336 e. The summed E-state index contributed by atoms with van der Waals surface area (Å²) in [5.41, 5.74) is 2.73. The lowest BCUT2D eigenvalue weighted by atomic mass is 9.96. The molecule has 0 aliphatic rings. The maximum absolute atomic E-state index is 12.8. The fourth-order valence-corrected chi connectivity index (χ4v) is 9.30. The molecule has 0 fully saturated rings. The number of carboxylic acid groups (broad SMARTS) is 1. The molecule has 0 spiro atoms. The molecule has 2 aromatic carbocycles. The molecule has 3 N–H and O–H groups in total. The van der Waals surface area contributed by atoms with Gasteiger partial charge in [-0.2, -0.15) is 0 Å². The molecular formula is C26H38N2O5S2. The molecule has 0 bridgehead atoms. The van der Waals surface area contributed by atoms with Crippen molar-refractivity contribution in [3.05, 3.63) is 53.1 Å². The molecule has 0 heterocycles. The minimum atomic E-state index is -1.21. The number of rotatable bonds is 12. The van der Waals surface area contributed by atoms with E-state index in [0.717, 1.165) is 17.7 Å². The Morgan fingerprint density at radius 1 is 0.914 bits per heavy atom. The van der Waals surface area contributed by atoms with Gasteiger partial charge in [0.25, 0.3) is 5.91 Å².